The summed E-state index contributed by atoms with van der Waals surface area (Å²) >= 11 is 0. The molecule has 1 saturated heterocycles. The Morgan fingerprint density at radius 1 is 1.12 bits per heavy atom. The van der Waals surface area contributed by atoms with E-state index in [9.17, 15) is 5.26 Å². The highest BCUT2D eigenvalue weighted by Gasteiger charge is 2.28. The Hall–Kier alpha value is -2.35. The van der Waals surface area contributed by atoms with Gasteiger partial charge in [0.2, 0.25) is 0 Å². The first-order valence-corrected chi connectivity index (χ1v) is 9.35. The van der Waals surface area contributed by atoms with Crippen LogP contribution in [0.25, 0.3) is 0 Å². The molecule has 3 rings (SSSR count). The molecule has 1 heterocycles. The number of rotatable bonds is 6. The van der Waals surface area contributed by atoms with Gasteiger partial charge in [-0.15, -0.1) is 0 Å². The minimum Gasteiger partial charge on any atom is -0.489 e. The molecule has 1 fully saturated rings. The van der Waals surface area contributed by atoms with E-state index in [0.29, 0.717) is 12.6 Å². The topological polar surface area (TPSA) is 39.5 Å². The summed E-state index contributed by atoms with van der Waals surface area (Å²) in [5, 5.41) is 9.73. The molecule has 0 amide bonds. The lowest BCUT2D eigenvalue weighted by Crippen LogP contribution is -2.52. The highest BCUT2D eigenvalue weighted by atomic mass is 16.5. The Bertz CT molecular complexity index is 723. The van der Waals surface area contributed by atoms with Crippen LogP contribution in [0.15, 0.2) is 54.6 Å². The third-order valence-corrected chi connectivity index (χ3v) is 5.13. The zero-order valence-electron chi connectivity index (χ0n) is 15.6. The van der Waals surface area contributed by atoms with Crippen LogP contribution < -0.4 is 4.74 Å². The number of hydrogen-bond donors (Lipinski definition) is 0. The van der Waals surface area contributed by atoms with Crippen molar-refractivity contribution >= 4 is 0 Å². The number of nitriles is 1. The molecule has 0 saturated carbocycles. The van der Waals surface area contributed by atoms with Crippen LogP contribution in [-0.4, -0.2) is 42.0 Å². The van der Waals surface area contributed by atoms with E-state index in [4.69, 9.17) is 4.74 Å². The maximum atomic E-state index is 9.73. The lowest BCUT2D eigenvalue weighted by molar-refractivity contribution is 0.0730. The second-order valence-corrected chi connectivity index (χ2v) is 6.85. The molecule has 0 N–H and O–H groups in total. The normalized spacial score (nSPS) is 19.7. The molecule has 4 nitrogen and oxygen atoms in total. The fourth-order valence-corrected chi connectivity index (χ4v) is 3.58. The Labute approximate surface area is 156 Å². The largest absolute Gasteiger partial charge is 0.489 e. The van der Waals surface area contributed by atoms with Gasteiger partial charge in [0.25, 0.3) is 0 Å². The first-order chi connectivity index (χ1) is 12.7. The van der Waals surface area contributed by atoms with E-state index in [-0.39, 0.29) is 6.04 Å². The van der Waals surface area contributed by atoms with Crippen LogP contribution in [0.4, 0.5) is 0 Å². The fraction of sp³-hybridized carbons (Fsp3) is 0.409. The molecule has 4 heteroatoms. The van der Waals surface area contributed by atoms with Crippen LogP contribution in [0.2, 0.25) is 0 Å². The van der Waals surface area contributed by atoms with E-state index >= 15 is 0 Å². The lowest BCUT2D eigenvalue weighted by Gasteiger charge is -2.41. The van der Waals surface area contributed by atoms with Crippen LogP contribution in [-0.2, 0) is 6.61 Å². The van der Waals surface area contributed by atoms with Gasteiger partial charge in [0.1, 0.15) is 18.4 Å². The van der Waals surface area contributed by atoms with Crippen molar-refractivity contribution in [2.75, 3.05) is 26.2 Å². The van der Waals surface area contributed by atoms with Gasteiger partial charge in [-0.2, -0.15) is 5.26 Å². The summed E-state index contributed by atoms with van der Waals surface area (Å²) in [4.78, 5) is 4.75. The number of ether oxygens (including phenoxy) is 1. The maximum absolute atomic E-state index is 9.73. The Morgan fingerprint density at radius 2 is 1.85 bits per heavy atom. The molecule has 1 aliphatic heterocycles. The van der Waals surface area contributed by atoms with E-state index in [1.807, 2.05) is 42.5 Å². The molecule has 26 heavy (non-hydrogen) atoms. The molecule has 0 bridgehead atoms. The van der Waals surface area contributed by atoms with Gasteiger partial charge < -0.3 is 4.74 Å². The van der Waals surface area contributed by atoms with Crippen molar-refractivity contribution in [3.05, 3.63) is 65.7 Å². The summed E-state index contributed by atoms with van der Waals surface area (Å²) in [7, 11) is 0. The van der Waals surface area contributed by atoms with Gasteiger partial charge >= 0.3 is 0 Å². The van der Waals surface area contributed by atoms with E-state index in [2.05, 4.69) is 41.8 Å². The fourth-order valence-electron chi connectivity index (χ4n) is 3.58. The average molecular weight is 349 g/mol. The molecular weight excluding hydrogens is 322 g/mol. The first-order valence-electron chi connectivity index (χ1n) is 9.35. The number of nitrogens with zero attached hydrogens (tertiary/aromatic N) is 3. The van der Waals surface area contributed by atoms with Gasteiger partial charge in [-0.25, -0.2) is 0 Å². The second-order valence-electron chi connectivity index (χ2n) is 6.85. The van der Waals surface area contributed by atoms with Gasteiger partial charge in [0.15, 0.2) is 0 Å². The zero-order valence-corrected chi connectivity index (χ0v) is 15.6. The second kappa shape index (κ2) is 8.84. The highest BCUT2D eigenvalue weighted by Crippen LogP contribution is 2.25. The van der Waals surface area contributed by atoms with Crippen molar-refractivity contribution in [1.82, 2.24) is 9.80 Å². The summed E-state index contributed by atoms with van der Waals surface area (Å²) in [5.41, 5.74) is 2.19. The van der Waals surface area contributed by atoms with Crippen LogP contribution in [0.3, 0.4) is 0 Å². The smallest absolute Gasteiger partial charge is 0.123 e. The molecule has 1 aliphatic rings. The third kappa shape index (κ3) is 4.43. The van der Waals surface area contributed by atoms with Gasteiger partial charge in [-0.3, -0.25) is 9.80 Å². The van der Waals surface area contributed by atoms with Crippen molar-refractivity contribution in [3.8, 4) is 11.8 Å². The summed E-state index contributed by atoms with van der Waals surface area (Å²) in [5.74, 6) is 0.832. The Morgan fingerprint density at radius 3 is 2.46 bits per heavy atom. The summed E-state index contributed by atoms with van der Waals surface area (Å²) in [6.45, 7) is 8.94. The van der Waals surface area contributed by atoms with Crippen molar-refractivity contribution in [2.24, 2.45) is 0 Å². The zero-order chi connectivity index (χ0) is 18.4. The number of likely N-dealkylation sites (N-methyl/N-ethyl adjacent to an activating group) is 1. The predicted octanol–water partition coefficient (Wildman–Crippen LogP) is 3.86. The van der Waals surface area contributed by atoms with Crippen molar-refractivity contribution < 1.29 is 4.74 Å². The average Bonchev–Trinajstić information content (AvgIpc) is 2.69. The summed E-state index contributed by atoms with van der Waals surface area (Å²) in [6.07, 6.45) is 0. The van der Waals surface area contributed by atoms with Gasteiger partial charge in [0, 0.05) is 25.7 Å². The molecule has 0 spiro atoms. The van der Waals surface area contributed by atoms with Crippen LogP contribution in [0, 0.1) is 11.3 Å². The number of hydrogen-bond acceptors (Lipinski definition) is 4. The van der Waals surface area contributed by atoms with Gasteiger partial charge in [-0.1, -0.05) is 49.4 Å². The molecule has 2 aromatic rings. The van der Waals surface area contributed by atoms with Crippen molar-refractivity contribution in [3.63, 3.8) is 0 Å². The van der Waals surface area contributed by atoms with E-state index in [0.717, 1.165) is 43.1 Å². The Kier molecular flexibility index (Phi) is 6.27. The van der Waals surface area contributed by atoms with Crippen molar-refractivity contribution in [2.45, 2.75) is 32.5 Å². The minimum absolute atomic E-state index is 0.195. The van der Waals surface area contributed by atoms with Crippen LogP contribution in [0.5, 0.6) is 5.75 Å². The molecule has 2 aromatic carbocycles. The third-order valence-electron chi connectivity index (χ3n) is 5.13. The monoisotopic (exact) mass is 349 g/mol. The quantitative estimate of drug-likeness (QED) is 0.794. The molecule has 0 radical (unpaired) electrons. The first kappa shape index (κ1) is 18.4. The lowest BCUT2D eigenvalue weighted by atomic mass is 10.0. The highest BCUT2D eigenvalue weighted by molar-refractivity contribution is 5.32. The van der Waals surface area contributed by atoms with Gasteiger partial charge in [0.05, 0.1) is 6.07 Å². The molecule has 0 aliphatic carbocycles. The van der Waals surface area contributed by atoms with E-state index in [1.54, 1.807) is 0 Å². The number of piperazine rings is 1. The molecule has 0 aromatic heterocycles. The SMILES string of the molecule is CCN1CCN(C(C#N)c2ccc(OCc3ccccc3)cc2)CC1C. The van der Waals surface area contributed by atoms with Gasteiger partial charge in [-0.05, 0) is 36.7 Å². The molecule has 2 atom stereocenters. The van der Waals surface area contributed by atoms with E-state index in [1.165, 1.54) is 0 Å². The predicted molar refractivity (Wildman–Crippen MR) is 104 cm³/mol. The molecule has 136 valence electrons. The summed E-state index contributed by atoms with van der Waals surface area (Å²) in [6, 6.07) is 20.9. The minimum atomic E-state index is -0.195. The maximum Gasteiger partial charge on any atom is 0.123 e. The molecular formula is C22H27N3O. The van der Waals surface area contributed by atoms with Crippen molar-refractivity contribution in [1.29, 1.82) is 5.26 Å². The molecule has 2 unspecified atom stereocenters. The Balaban J connectivity index is 1.62. The van der Waals surface area contributed by atoms with Crippen LogP contribution in [0.1, 0.15) is 31.0 Å². The summed E-state index contributed by atoms with van der Waals surface area (Å²) < 4.78 is 5.85. The van der Waals surface area contributed by atoms with E-state index < -0.39 is 0 Å². The standard InChI is InChI=1S/C22H27N3O/c1-3-24-13-14-25(16-18(24)2)22(15-23)20-9-11-21(12-10-20)26-17-19-7-5-4-6-8-19/h4-12,18,22H,3,13-14,16-17H2,1-2H3. The van der Waals surface area contributed by atoms with Crippen LogP contribution >= 0.6 is 0 Å². The number of benzene rings is 2.